The average molecular weight is 214 g/mol. The molecular weight excluding hydrogens is 188 g/mol. The molecule has 1 aliphatic rings. The van der Waals surface area contributed by atoms with E-state index in [1.165, 1.54) is 25.8 Å². The predicted octanol–water partition coefficient (Wildman–Crippen LogP) is 1.61. The second-order valence-corrected chi connectivity index (χ2v) is 5.14. The van der Waals surface area contributed by atoms with Gasteiger partial charge in [0.05, 0.1) is 5.60 Å². The van der Waals surface area contributed by atoms with Crippen LogP contribution in [0.4, 0.5) is 0 Å². The number of hydrogen-bond donors (Lipinski definition) is 1. The summed E-state index contributed by atoms with van der Waals surface area (Å²) in [6, 6.07) is 0.603. The molecule has 0 spiro atoms. The van der Waals surface area contributed by atoms with Crippen LogP contribution in [0.2, 0.25) is 0 Å². The third-order valence-electron chi connectivity index (χ3n) is 3.57. The van der Waals surface area contributed by atoms with Crippen LogP contribution < -0.4 is 5.73 Å². The molecular formula is C12H26N2O. The molecule has 0 radical (unpaired) electrons. The van der Waals surface area contributed by atoms with Gasteiger partial charge in [-0.25, -0.2) is 0 Å². The van der Waals surface area contributed by atoms with Crippen LogP contribution in [0.5, 0.6) is 0 Å². The van der Waals surface area contributed by atoms with Crippen LogP contribution in [-0.4, -0.2) is 43.3 Å². The van der Waals surface area contributed by atoms with Crippen LogP contribution in [0.1, 0.15) is 39.5 Å². The van der Waals surface area contributed by atoms with Gasteiger partial charge in [0.15, 0.2) is 0 Å². The highest BCUT2D eigenvalue weighted by Crippen LogP contribution is 2.19. The number of rotatable bonds is 5. The summed E-state index contributed by atoms with van der Waals surface area (Å²) in [5.74, 6) is 0. The van der Waals surface area contributed by atoms with Crippen molar-refractivity contribution in [2.45, 2.75) is 51.2 Å². The van der Waals surface area contributed by atoms with Crippen LogP contribution in [0, 0.1) is 0 Å². The maximum atomic E-state index is 5.79. The Hall–Kier alpha value is -0.120. The summed E-state index contributed by atoms with van der Waals surface area (Å²) in [5, 5.41) is 0. The minimum absolute atomic E-state index is 0.00338. The molecule has 1 atom stereocenters. The molecule has 1 rings (SSSR count). The van der Waals surface area contributed by atoms with E-state index in [2.05, 4.69) is 18.7 Å². The summed E-state index contributed by atoms with van der Waals surface area (Å²) in [6.07, 6.45) is 5.01. The maximum absolute atomic E-state index is 5.79. The molecule has 0 saturated carbocycles. The van der Waals surface area contributed by atoms with Crippen LogP contribution >= 0.6 is 0 Å². The Morgan fingerprint density at radius 2 is 2.13 bits per heavy atom. The van der Waals surface area contributed by atoms with Crippen LogP contribution in [0.15, 0.2) is 0 Å². The van der Waals surface area contributed by atoms with E-state index in [0.717, 1.165) is 19.5 Å². The van der Waals surface area contributed by atoms with Gasteiger partial charge in [-0.3, -0.25) is 4.90 Å². The van der Waals surface area contributed by atoms with Crippen molar-refractivity contribution < 1.29 is 4.74 Å². The molecule has 2 N–H and O–H groups in total. The van der Waals surface area contributed by atoms with Gasteiger partial charge in [-0.15, -0.1) is 0 Å². The van der Waals surface area contributed by atoms with Crippen molar-refractivity contribution in [3.05, 3.63) is 0 Å². The van der Waals surface area contributed by atoms with Gasteiger partial charge in [0.25, 0.3) is 0 Å². The summed E-state index contributed by atoms with van der Waals surface area (Å²) in [7, 11) is 1.79. The highest BCUT2D eigenvalue weighted by Gasteiger charge is 2.24. The molecule has 0 bridgehead atoms. The first kappa shape index (κ1) is 12.9. The van der Waals surface area contributed by atoms with Crippen LogP contribution in [0.3, 0.4) is 0 Å². The Morgan fingerprint density at radius 1 is 1.40 bits per heavy atom. The summed E-state index contributed by atoms with van der Waals surface area (Å²) in [5.41, 5.74) is 5.79. The van der Waals surface area contributed by atoms with Crippen molar-refractivity contribution in [2.75, 3.05) is 26.7 Å². The minimum Gasteiger partial charge on any atom is -0.379 e. The second kappa shape index (κ2) is 5.83. The zero-order valence-corrected chi connectivity index (χ0v) is 10.5. The van der Waals surface area contributed by atoms with Gasteiger partial charge in [-0.1, -0.05) is 6.42 Å². The van der Waals surface area contributed by atoms with Crippen LogP contribution in [-0.2, 0) is 4.74 Å². The lowest BCUT2D eigenvalue weighted by atomic mass is 9.99. The fourth-order valence-electron chi connectivity index (χ4n) is 2.14. The largest absolute Gasteiger partial charge is 0.379 e. The Balaban J connectivity index is 2.35. The van der Waals surface area contributed by atoms with E-state index in [0.29, 0.717) is 6.04 Å². The molecule has 0 amide bonds. The Morgan fingerprint density at radius 3 is 2.73 bits per heavy atom. The van der Waals surface area contributed by atoms with Gasteiger partial charge in [-0.05, 0) is 39.7 Å². The van der Waals surface area contributed by atoms with Crippen molar-refractivity contribution in [3.63, 3.8) is 0 Å². The number of hydrogen-bond acceptors (Lipinski definition) is 3. The maximum Gasteiger partial charge on any atom is 0.0634 e. The number of nitrogens with two attached hydrogens (primary N) is 1. The Bertz CT molecular complexity index is 182. The summed E-state index contributed by atoms with van der Waals surface area (Å²) >= 11 is 0. The second-order valence-electron chi connectivity index (χ2n) is 5.14. The first-order chi connectivity index (χ1) is 7.09. The fraction of sp³-hybridized carbons (Fsp3) is 1.00. The van der Waals surface area contributed by atoms with Crippen LogP contribution in [0.25, 0.3) is 0 Å². The van der Waals surface area contributed by atoms with Crippen molar-refractivity contribution in [3.8, 4) is 0 Å². The molecule has 1 aliphatic heterocycles. The van der Waals surface area contributed by atoms with E-state index < -0.39 is 0 Å². The normalized spacial score (nSPS) is 24.4. The number of piperidine rings is 1. The van der Waals surface area contributed by atoms with E-state index in [1.54, 1.807) is 7.11 Å². The summed E-state index contributed by atoms with van der Waals surface area (Å²) in [4.78, 5) is 2.53. The van der Waals surface area contributed by atoms with E-state index >= 15 is 0 Å². The fourth-order valence-corrected chi connectivity index (χ4v) is 2.14. The molecule has 0 aromatic carbocycles. The zero-order chi connectivity index (χ0) is 11.3. The molecule has 15 heavy (non-hydrogen) atoms. The van der Waals surface area contributed by atoms with E-state index in [4.69, 9.17) is 10.5 Å². The first-order valence-electron chi connectivity index (χ1n) is 6.08. The minimum atomic E-state index is -0.00338. The molecule has 0 aliphatic carbocycles. The molecule has 3 nitrogen and oxygen atoms in total. The Labute approximate surface area is 94.0 Å². The van der Waals surface area contributed by atoms with Crippen molar-refractivity contribution in [1.29, 1.82) is 0 Å². The number of likely N-dealkylation sites (tertiary alicyclic amines) is 1. The topological polar surface area (TPSA) is 38.5 Å². The van der Waals surface area contributed by atoms with Gasteiger partial charge < -0.3 is 10.5 Å². The van der Waals surface area contributed by atoms with Gasteiger partial charge in [0, 0.05) is 26.2 Å². The molecule has 0 aromatic heterocycles. The SMILES string of the molecule is COC(C)(C)CCN1CCCCC1CN. The first-order valence-corrected chi connectivity index (χ1v) is 6.08. The highest BCUT2D eigenvalue weighted by molar-refractivity contribution is 4.80. The molecule has 1 unspecified atom stereocenters. The molecule has 1 saturated heterocycles. The third-order valence-corrected chi connectivity index (χ3v) is 3.57. The number of nitrogens with zero attached hydrogens (tertiary/aromatic N) is 1. The van der Waals surface area contributed by atoms with E-state index in [-0.39, 0.29) is 5.60 Å². The van der Waals surface area contributed by atoms with Gasteiger partial charge in [0.2, 0.25) is 0 Å². The van der Waals surface area contributed by atoms with Gasteiger partial charge in [0.1, 0.15) is 0 Å². The molecule has 1 fully saturated rings. The van der Waals surface area contributed by atoms with E-state index in [9.17, 15) is 0 Å². The molecule has 0 aromatic rings. The summed E-state index contributed by atoms with van der Waals surface area (Å²) < 4.78 is 5.44. The smallest absolute Gasteiger partial charge is 0.0634 e. The zero-order valence-electron chi connectivity index (χ0n) is 10.5. The van der Waals surface area contributed by atoms with Crippen molar-refractivity contribution >= 4 is 0 Å². The number of ether oxygens (including phenoxy) is 1. The lowest BCUT2D eigenvalue weighted by Gasteiger charge is -2.37. The van der Waals surface area contributed by atoms with E-state index in [1.807, 2.05) is 0 Å². The van der Waals surface area contributed by atoms with Gasteiger partial charge >= 0.3 is 0 Å². The molecule has 1 heterocycles. The predicted molar refractivity (Wildman–Crippen MR) is 64.0 cm³/mol. The third kappa shape index (κ3) is 4.09. The van der Waals surface area contributed by atoms with Gasteiger partial charge in [-0.2, -0.15) is 0 Å². The standard InChI is InChI=1S/C12H26N2O/c1-12(2,15-3)7-9-14-8-5-4-6-11(14)10-13/h11H,4-10,13H2,1-3H3. The monoisotopic (exact) mass is 214 g/mol. The van der Waals surface area contributed by atoms with Crippen molar-refractivity contribution in [2.24, 2.45) is 5.73 Å². The quantitative estimate of drug-likeness (QED) is 0.755. The highest BCUT2D eigenvalue weighted by atomic mass is 16.5. The lowest BCUT2D eigenvalue weighted by Crippen LogP contribution is -2.45. The average Bonchev–Trinajstić information content (AvgIpc) is 2.27. The molecule has 3 heteroatoms. The van der Waals surface area contributed by atoms with Crippen molar-refractivity contribution in [1.82, 2.24) is 4.90 Å². The molecule has 90 valence electrons. The lowest BCUT2D eigenvalue weighted by molar-refractivity contribution is 0.00144. The number of methoxy groups -OCH3 is 1. The summed E-state index contributed by atoms with van der Waals surface area (Å²) in [6.45, 7) is 7.42. The Kier molecular flexibility index (Phi) is 5.03.